The molecule has 132 valence electrons. The maximum Gasteiger partial charge on any atom is 0.246 e. The zero-order valence-electron chi connectivity index (χ0n) is 13.8. The van der Waals surface area contributed by atoms with Gasteiger partial charge in [-0.3, -0.25) is 4.79 Å². The maximum absolute atomic E-state index is 13.5. The first-order chi connectivity index (χ1) is 12.1. The predicted molar refractivity (Wildman–Crippen MR) is 93.1 cm³/mol. The van der Waals surface area contributed by atoms with E-state index < -0.39 is 17.2 Å². The fourth-order valence-electron chi connectivity index (χ4n) is 3.06. The lowest BCUT2D eigenvalue weighted by atomic mass is 9.86. The van der Waals surface area contributed by atoms with E-state index in [-0.39, 0.29) is 5.91 Å². The third-order valence-electron chi connectivity index (χ3n) is 4.49. The number of hydrogen-bond acceptors (Lipinski definition) is 3. The Morgan fingerprint density at radius 3 is 2.44 bits per heavy atom. The number of halogens is 2. The summed E-state index contributed by atoms with van der Waals surface area (Å²) in [6.45, 7) is 1.78. The van der Waals surface area contributed by atoms with Crippen LogP contribution in [0.4, 0.5) is 14.5 Å². The Bertz CT molecular complexity index is 731. The Labute approximate surface area is 145 Å². The molecule has 0 atom stereocenters. The van der Waals surface area contributed by atoms with Crippen molar-refractivity contribution in [1.82, 2.24) is 10.6 Å². The number of carbonyl (C=O) groups is 1. The van der Waals surface area contributed by atoms with Gasteiger partial charge in [0.1, 0.15) is 5.54 Å². The van der Waals surface area contributed by atoms with Crippen molar-refractivity contribution >= 4 is 11.6 Å². The Morgan fingerprint density at radius 1 is 1.04 bits per heavy atom. The molecule has 3 rings (SSSR count). The van der Waals surface area contributed by atoms with Crippen LogP contribution < -0.4 is 16.0 Å². The Hall–Kier alpha value is -2.47. The predicted octanol–water partition coefficient (Wildman–Crippen LogP) is 2.82. The van der Waals surface area contributed by atoms with Crippen molar-refractivity contribution in [2.75, 3.05) is 18.4 Å². The van der Waals surface area contributed by atoms with Crippen LogP contribution in [-0.2, 0) is 11.3 Å². The molecule has 1 aliphatic heterocycles. The quantitative estimate of drug-likeness (QED) is 0.781. The van der Waals surface area contributed by atoms with E-state index in [1.54, 1.807) is 0 Å². The molecule has 0 aromatic heterocycles. The van der Waals surface area contributed by atoms with Crippen LogP contribution in [0.25, 0.3) is 0 Å². The summed E-state index contributed by atoms with van der Waals surface area (Å²) in [6, 6.07) is 13.2. The number of piperidine rings is 1. The van der Waals surface area contributed by atoms with E-state index >= 15 is 0 Å². The molecule has 1 amide bonds. The SMILES string of the molecule is O=C(NCc1ccccc1)C1(Nc2ccc(F)c(F)c2)CCNCC1. The van der Waals surface area contributed by atoms with Crippen molar-refractivity contribution in [3.05, 3.63) is 65.7 Å². The smallest absolute Gasteiger partial charge is 0.246 e. The van der Waals surface area contributed by atoms with Gasteiger partial charge in [0, 0.05) is 18.3 Å². The number of benzene rings is 2. The molecule has 1 fully saturated rings. The van der Waals surface area contributed by atoms with E-state index in [0.717, 1.165) is 17.7 Å². The van der Waals surface area contributed by atoms with Gasteiger partial charge < -0.3 is 16.0 Å². The second kappa shape index (κ2) is 7.61. The summed E-state index contributed by atoms with van der Waals surface area (Å²) in [6.07, 6.45) is 1.12. The Morgan fingerprint density at radius 2 is 1.76 bits per heavy atom. The lowest BCUT2D eigenvalue weighted by Crippen LogP contribution is -2.57. The molecular formula is C19H21F2N3O. The molecule has 0 saturated carbocycles. The molecule has 1 heterocycles. The highest BCUT2D eigenvalue weighted by Crippen LogP contribution is 2.26. The summed E-state index contributed by atoms with van der Waals surface area (Å²) in [5.74, 6) is -1.97. The third-order valence-corrected chi connectivity index (χ3v) is 4.49. The van der Waals surface area contributed by atoms with Gasteiger partial charge in [-0.2, -0.15) is 0 Å². The summed E-state index contributed by atoms with van der Waals surface area (Å²) in [4.78, 5) is 12.9. The molecule has 0 aliphatic carbocycles. The molecule has 25 heavy (non-hydrogen) atoms. The standard InChI is InChI=1S/C19H21F2N3O/c20-16-7-6-15(12-17(16)21)24-19(8-10-22-11-9-19)18(25)23-13-14-4-2-1-3-5-14/h1-7,12,22,24H,8-11,13H2,(H,23,25). The number of hydrogen-bond donors (Lipinski definition) is 3. The lowest BCUT2D eigenvalue weighted by Gasteiger charge is -2.37. The molecule has 4 nitrogen and oxygen atoms in total. The Kier molecular flexibility index (Phi) is 5.28. The lowest BCUT2D eigenvalue weighted by molar-refractivity contribution is -0.126. The minimum Gasteiger partial charge on any atom is -0.371 e. The molecule has 3 N–H and O–H groups in total. The topological polar surface area (TPSA) is 53.2 Å². The minimum absolute atomic E-state index is 0.136. The van der Waals surface area contributed by atoms with E-state index in [1.807, 2.05) is 30.3 Å². The molecule has 0 radical (unpaired) electrons. The van der Waals surface area contributed by atoms with Crippen LogP contribution in [0.1, 0.15) is 18.4 Å². The average Bonchev–Trinajstić information content (AvgIpc) is 2.64. The van der Waals surface area contributed by atoms with Gasteiger partial charge in [0.25, 0.3) is 0 Å². The van der Waals surface area contributed by atoms with Crippen molar-refractivity contribution in [3.8, 4) is 0 Å². The third kappa shape index (κ3) is 4.14. The molecule has 0 unspecified atom stereocenters. The highest BCUT2D eigenvalue weighted by Gasteiger charge is 2.39. The molecular weight excluding hydrogens is 324 g/mol. The molecule has 2 aromatic carbocycles. The van der Waals surface area contributed by atoms with Crippen molar-refractivity contribution < 1.29 is 13.6 Å². The van der Waals surface area contributed by atoms with Gasteiger partial charge in [-0.15, -0.1) is 0 Å². The number of amides is 1. The fourth-order valence-corrected chi connectivity index (χ4v) is 3.06. The molecule has 6 heteroatoms. The summed E-state index contributed by atoms with van der Waals surface area (Å²) < 4.78 is 26.6. The first kappa shape index (κ1) is 17.4. The van der Waals surface area contributed by atoms with Crippen LogP contribution in [0.3, 0.4) is 0 Å². The van der Waals surface area contributed by atoms with Crippen LogP contribution in [0.15, 0.2) is 48.5 Å². The zero-order chi connectivity index (χ0) is 17.7. The van der Waals surface area contributed by atoms with Gasteiger partial charge in [-0.05, 0) is 43.6 Å². The van der Waals surface area contributed by atoms with Gasteiger partial charge in [-0.1, -0.05) is 30.3 Å². The number of anilines is 1. The van der Waals surface area contributed by atoms with Crippen molar-refractivity contribution in [2.45, 2.75) is 24.9 Å². The first-order valence-corrected chi connectivity index (χ1v) is 8.35. The van der Waals surface area contributed by atoms with E-state index in [0.29, 0.717) is 38.2 Å². The van der Waals surface area contributed by atoms with Gasteiger partial charge in [-0.25, -0.2) is 8.78 Å². The van der Waals surface area contributed by atoms with Crippen molar-refractivity contribution in [1.29, 1.82) is 0 Å². The van der Waals surface area contributed by atoms with E-state index in [2.05, 4.69) is 16.0 Å². The van der Waals surface area contributed by atoms with Crippen LogP contribution in [0.5, 0.6) is 0 Å². The Balaban J connectivity index is 1.75. The van der Waals surface area contributed by atoms with Crippen LogP contribution >= 0.6 is 0 Å². The number of carbonyl (C=O) groups excluding carboxylic acids is 1. The van der Waals surface area contributed by atoms with Crippen LogP contribution in [-0.4, -0.2) is 24.5 Å². The van der Waals surface area contributed by atoms with Gasteiger partial charge in [0.2, 0.25) is 5.91 Å². The van der Waals surface area contributed by atoms with Gasteiger partial charge in [0.05, 0.1) is 0 Å². The summed E-state index contributed by atoms with van der Waals surface area (Å²) in [5, 5.41) is 9.32. The van der Waals surface area contributed by atoms with Crippen molar-refractivity contribution in [3.63, 3.8) is 0 Å². The molecule has 1 saturated heterocycles. The molecule has 2 aromatic rings. The molecule has 0 bridgehead atoms. The zero-order valence-corrected chi connectivity index (χ0v) is 13.8. The second-order valence-corrected chi connectivity index (χ2v) is 6.25. The summed E-state index contributed by atoms with van der Waals surface area (Å²) >= 11 is 0. The minimum atomic E-state index is -0.932. The average molecular weight is 345 g/mol. The second-order valence-electron chi connectivity index (χ2n) is 6.25. The highest BCUT2D eigenvalue weighted by atomic mass is 19.2. The van der Waals surface area contributed by atoms with E-state index in [1.165, 1.54) is 6.07 Å². The number of rotatable bonds is 5. The summed E-state index contributed by atoms with van der Waals surface area (Å²) in [5.41, 5.74) is 0.563. The largest absolute Gasteiger partial charge is 0.371 e. The number of nitrogens with one attached hydrogen (secondary N) is 3. The normalized spacial score (nSPS) is 16.2. The van der Waals surface area contributed by atoms with Crippen LogP contribution in [0, 0.1) is 11.6 Å². The summed E-state index contributed by atoms with van der Waals surface area (Å²) in [7, 11) is 0. The molecule has 1 aliphatic rings. The van der Waals surface area contributed by atoms with E-state index in [4.69, 9.17) is 0 Å². The molecule has 0 spiro atoms. The van der Waals surface area contributed by atoms with Crippen molar-refractivity contribution in [2.24, 2.45) is 0 Å². The maximum atomic E-state index is 13.5. The van der Waals surface area contributed by atoms with Gasteiger partial charge >= 0.3 is 0 Å². The fraction of sp³-hybridized carbons (Fsp3) is 0.316. The van der Waals surface area contributed by atoms with Crippen LogP contribution in [0.2, 0.25) is 0 Å². The van der Waals surface area contributed by atoms with Gasteiger partial charge in [0.15, 0.2) is 11.6 Å². The first-order valence-electron chi connectivity index (χ1n) is 8.35. The monoisotopic (exact) mass is 345 g/mol. The highest BCUT2D eigenvalue weighted by molar-refractivity contribution is 5.89. The van der Waals surface area contributed by atoms with E-state index in [9.17, 15) is 13.6 Å².